The molecule has 0 aliphatic rings. The van der Waals surface area contributed by atoms with Crippen LogP contribution in [0.1, 0.15) is 32.3 Å². The number of carbonyl (C=O) groups is 1. The van der Waals surface area contributed by atoms with Crippen molar-refractivity contribution in [1.29, 1.82) is 0 Å². The van der Waals surface area contributed by atoms with Gasteiger partial charge in [-0.05, 0) is 50.1 Å². The van der Waals surface area contributed by atoms with Crippen LogP contribution in [-0.4, -0.2) is 34.4 Å². The third-order valence-electron chi connectivity index (χ3n) is 4.78. The van der Waals surface area contributed by atoms with Crippen molar-refractivity contribution in [3.05, 3.63) is 58.4 Å². The second-order valence-electron chi connectivity index (χ2n) is 7.27. The summed E-state index contributed by atoms with van der Waals surface area (Å²) in [5.74, 6) is 0.668. The van der Waals surface area contributed by atoms with Gasteiger partial charge in [-0.25, -0.2) is 4.98 Å². The second-order valence-corrected chi connectivity index (χ2v) is 8.22. The number of fused-ring (bicyclic) bond motifs is 1. The molecule has 0 spiro atoms. The average molecular weight is 426 g/mol. The van der Waals surface area contributed by atoms with Gasteiger partial charge in [0.1, 0.15) is 5.75 Å². The molecule has 7 heteroatoms. The van der Waals surface area contributed by atoms with Crippen molar-refractivity contribution >= 4 is 28.6 Å². The number of hydrogen-bond acceptors (Lipinski definition) is 5. The summed E-state index contributed by atoms with van der Waals surface area (Å²) in [6.45, 7) is 6.04. The van der Waals surface area contributed by atoms with E-state index in [2.05, 4.69) is 12.2 Å². The van der Waals surface area contributed by atoms with Gasteiger partial charge in [0.15, 0.2) is 5.16 Å². The number of carbonyl (C=O) groups excluding carboxylic acids is 1. The maximum Gasteiger partial charge on any atom is 0.266 e. The van der Waals surface area contributed by atoms with Gasteiger partial charge in [-0.15, -0.1) is 0 Å². The standard InChI is InChI=1S/C23H27N3O3S/c1-5-8-16(3)24-21(27)14-30-23-25-18-10-7-6-9-17(18)22(28)26(23)19-13-15(2)11-12-20(19)29-4/h6-7,9-13,16H,5,8,14H2,1-4H3,(H,24,27)/t16-/m0/s1. The summed E-state index contributed by atoms with van der Waals surface area (Å²) >= 11 is 1.25. The fourth-order valence-electron chi connectivity index (χ4n) is 3.35. The van der Waals surface area contributed by atoms with E-state index in [4.69, 9.17) is 9.72 Å². The second kappa shape index (κ2) is 9.80. The van der Waals surface area contributed by atoms with Crippen molar-refractivity contribution in [3.63, 3.8) is 0 Å². The number of hydrogen-bond donors (Lipinski definition) is 1. The SMILES string of the molecule is CCC[C@H](C)NC(=O)CSc1nc2ccccc2c(=O)n1-c1cc(C)ccc1OC. The molecule has 0 bridgehead atoms. The van der Waals surface area contributed by atoms with Crippen molar-refractivity contribution in [2.75, 3.05) is 12.9 Å². The van der Waals surface area contributed by atoms with Crippen LogP contribution >= 0.6 is 11.8 Å². The van der Waals surface area contributed by atoms with Crippen LogP contribution in [0.4, 0.5) is 0 Å². The highest BCUT2D eigenvalue weighted by atomic mass is 32.2. The first-order chi connectivity index (χ1) is 14.4. The van der Waals surface area contributed by atoms with Crippen LogP contribution in [0, 0.1) is 6.92 Å². The van der Waals surface area contributed by atoms with Crippen molar-refractivity contribution < 1.29 is 9.53 Å². The molecule has 0 fully saturated rings. The topological polar surface area (TPSA) is 73.2 Å². The number of rotatable bonds is 8. The lowest BCUT2D eigenvalue weighted by atomic mass is 10.2. The Morgan fingerprint density at radius 2 is 2.03 bits per heavy atom. The molecule has 1 N–H and O–H groups in total. The Balaban J connectivity index is 2.05. The Labute approximate surface area is 180 Å². The minimum Gasteiger partial charge on any atom is -0.495 e. The van der Waals surface area contributed by atoms with Crippen LogP contribution in [0.15, 0.2) is 52.4 Å². The highest BCUT2D eigenvalue weighted by molar-refractivity contribution is 7.99. The minimum atomic E-state index is -0.188. The number of nitrogens with one attached hydrogen (secondary N) is 1. The highest BCUT2D eigenvalue weighted by Crippen LogP contribution is 2.28. The lowest BCUT2D eigenvalue weighted by Crippen LogP contribution is -2.34. The van der Waals surface area contributed by atoms with Crippen LogP contribution in [0.5, 0.6) is 5.75 Å². The summed E-state index contributed by atoms with van der Waals surface area (Å²) in [7, 11) is 1.57. The molecule has 0 aliphatic heterocycles. The number of benzene rings is 2. The molecule has 0 aliphatic carbocycles. The molecule has 0 unspecified atom stereocenters. The first-order valence-corrected chi connectivity index (χ1v) is 11.0. The molecule has 2 aromatic carbocycles. The van der Waals surface area contributed by atoms with Gasteiger partial charge in [0.25, 0.3) is 5.56 Å². The minimum absolute atomic E-state index is 0.0777. The number of aryl methyl sites for hydroxylation is 1. The van der Waals surface area contributed by atoms with E-state index in [1.54, 1.807) is 17.7 Å². The smallest absolute Gasteiger partial charge is 0.266 e. The maximum atomic E-state index is 13.4. The Bertz CT molecular complexity index is 1110. The van der Waals surface area contributed by atoms with E-state index in [-0.39, 0.29) is 23.3 Å². The molecule has 0 radical (unpaired) electrons. The number of nitrogens with zero attached hydrogens (tertiary/aromatic N) is 2. The molecule has 1 amide bonds. The third-order valence-corrected chi connectivity index (χ3v) is 5.72. The van der Waals surface area contributed by atoms with Crippen LogP contribution in [0.2, 0.25) is 0 Å². The normalized spacial score (nSPS) is 12.0. The zero-order valence-corrected chi connectivity index (χ0v) is 18.6. The molecule has 1 aromatic heterocycles. The van der Waals surface area contributed by atoms with Crippen LogP contribution in [0.3, 0.4) is 0 Å². The van der Waals surface area contributed by atoms with Crippen LogP contribution < -0.4 is 15.6 Å². The predicted molar refractivity (Wildman–Crippen MR) is 122 cm³/mol. The fraction of sp³-hybridized carbons (Fsp3) is 0.348. The quantitative estimate of drug-likeness (QED) is 0.434. The van der Waals surface area contributed by atoms with Crippen LogP contribution in [-0.2, 0) is 4.79 Å². The summed E-state index contributed by atoms with van der Waals surface area (Å²) in [6, 6.07) is 13.0. The van der Waals surface area contributed by atoms with E-state index < -0.39 is 0 Å². The first kappa shape index (κ1) is 21.9. The van der Waals surface area contributed by atoms with Gasteiger partial charge in [-0.1, -0.05) is 43.3 Å². The maximum absolute atomic E-state index is 13.4. The van der Waals surface area contributed by atoms with Gasteiger partial charge in [0.2, 0.25) is 5.91 Å². The van der Waals surface area contributed by atoms with E-state index in [1.807, 2.05) is 50.2 Å². The Morgan fingerprint density at radius 3 is 2.77 bits per heavy atom. The van der Waals surface area contributed by atoms with Crippen LogP contribution in [0.25, 0.3) is 16.6 Å². The van der Waals surface area contributed by atoms with Gasteiger partial charge in [-0.3, -0.25) is 14.2 Å². The molecule has 6 nitrogen and oxygen atoms in total. The van der Waals surface area contributed by atoms with Gasteiger partial charge in [0, 0.05) is 6.04 Å². The van der Waals surface area contributed by atoms with Crippen molar-refractivity contribution in [1.82, 2.24) is 14.9 Å². The van der Waals surface area contributed by atoms with E-state index in [9.17, 15) is 9.59 Å². The predicted octanol–water partition coefficient (Wildman–Crippen LogP) is 4.10. The van der Waals surface area contributed by atoms with E-state index >= 15 is 0 Å². The van der Waals surface area contributed by atoms with E-state index in [0.29, 0.717) is 27.5 Å². The molecule has 3 rings (SSSR count). The molecule has 0 saturated heterocycles. The summed E-state index contributed by atoms with van der Waals surface area (Å²) < 4.78 is 7.05. The van der Waals surface area contributed by atoms with Gasteiger partial charge in [0.05, 0.1) is 29.5 Å². The van der Waals surface area contributed by atoms with Crippen molar-refractivity contribution in [2.45, 2.75) is 44.8 Å². The highest BCUT2D eigenvalue weighted by Gasteiger charge is 2.18. The lowest BCUT2D eigenvalue weighted by Gasteiger charge is -2.17. The van der Waals surface area contributed by atoms with Gasteiger partial charge in [-0.2, -0.15) is 0 Å². The summed E-state index contributed by atoms with van der Waals surface area (Å²) in [6.07, 6.45) is 1.93. The number of ether oxygens (including phenoxy) is 1. The number of para-hydroxylation sites is 1. The summed E-state index contributed by atoms with van der Waals surface area (Å²) in [4.78, 5) is 30.5. The van der Waals surface area contributed by atoms with E-state index in [1.165, 1.54) is 11.8 Å². The van der Waals surface area contributed by atoms with Crippen molar-refractivity contribution in [3.8, 4) is 11.4 Å². The molecular formula is C23H27N3O3S. The lowest BCUT2D eigenvalue weighted by molar-refractivity contribution is -0.119. The number of thioether (sulfide) groups is 1. The zero-order valence-electron chi connectivity index (χ0n) is 17.8. The molecule has 158 valence electrons. The van der Waals surface area contributed by atoms with E-state index in [0.717, 1.165) is 18.4 Å². The Morgan fingerprint density at radius 1 is 1.27 bits per heavy atom. The van der Waals surface area contributed by atoms with Gasteiger partial charge < -0.3 is 10.1 Å². The fourth-order valence-corrected chi connectivity index (χ4v) is 4.16. The molecule has 0 saturated carbocycles. The van der Waals surface area contributed by atoms with Gasteiger partial charge >= 0.3 is 0 Å². The first-order valence-electron chi connectivity index (χ1n) is 10.0. The zero-order chi connectivity index (χ0) is 21.7. The number of methoxy groups -OCH3 is 1. The Hall–Kier alpha value is -2.80. The summed E-state index contributed by atoms with van der Waals surface area (Å²) in [5, 5.41) is 3.97. The van der Waals surface area contributed by atoms with Crippen molar-refractivity contribution in [2.24, 2.45) is 0 Å². The molecule has 1 heterocycles. The molecule has 30 heavy (non-hydrogen) atoms. The summed E-state index contributed by atoms with van der Waals surface area (Å²) in [5.41, 5.74) is 2.02. The number of aromatic nitrogens is 2. The molecular weight excluding hydrogens is 398 g/mol. The molecule has 3 aromatic rings. The Kier molecular flexibility index (Phi) is 7.15. The molecule has 1 atom stereocenters. The monoisotopic (exact) mass is 425 g/mol. The average Bonchev–Trinajstić information content (AvgIpc) is 2.72. The third kappa shape index (κ3) is 4.84. The largest absolute Gasteiger partial charge is 0.495 e. The number of amides is 1.